The van der Waals surface area contributed by atoms with Crippen LogP contribution in [0.15, 0.2) is 48.5 Å². The van der Waals surface area contributed by atoms with Gasteiger partial charge in [-0.15, -0.1) is 0 Å². The van der Waals surface area contributed by atoms with Crippen molar-refractivity contribution in [2.45, 2.75) is 0 Å². The topological polar surface area (TPSA) is 181 Å². The second-order valence-corrected chi connectivity index (χ2v) is 6.59. The summed E-state index contributed by atoms with van der Waals surface area (Å²) in [5.41, 5.74) is 24.9. The lowest BCUT2D eigenvalue weighted by molar-refractivity contribution is 1.09. The quantitative estimate of drug-likeness (QED) is 0.322. The normalized spacial score (nSPS) is 11.2. The van der Waals surface area contributed by atoms with E-state index in [1.807, 2.05) is 48.5 Å². The van der Waals surface area contributed by atoms with Crippen molar-refractivity contribution in [3.63, 3.8) is 0 Å². The van der Waals surface area contributed by atoms with Crippen molar-refractivity contribution < 1.29 is 0 Å². The van der Waals surface area contributed by atoms with Gasteiger partial charge in [0.25, 0.3) is 0 Å². The Morgan fingerprint density at radius 1 is 0.400 bits per heavy atom. The maximum absolute atomic E-state index is 5.84. The number of nitrogen functional groups attached to an aromatic ring is 4. The Morgan fingerprint density at radius 3 is 0.933 bits per heavy atom. The summed E-state index contributed by atoms with van der Waals surface area (Å²) in [5.74, 6) is 0.961. The lowest BCUT2D eigenvalue weighted by Gasteiger charge is -2.16. The van der Waals surface area contributed by atoms with E-state index in [0.717, 1.165) is 32.7 Å². The molecule has 0 amide bonds. The minimum Gasteiger partial charge on any atom is -0.368 e. The summed E-state index contributed by atoms with van der Waals surface area (Å²) in [7, 11) is 0. The van der Waals surface area contributed by atoms with Gasteiger partial charge in [-0.1, -0.05) is 48.5 Å². The minimum atomic E-state index is 0.0488. The first-order valence-corrected chi connectivity index (χ1v) is 8.99. The molecule has 0 atom stereocenters. The zero-order valence-electron chi connectivity index (χ0n) is 15.6. The van der Waals surface area contributed by atoms with Crippen LogP contribution in [0.2, 0.25) is 0 Å². The van der Waals surface area contributed by atoms with Crippen LogP contribution in [-0.4, -0.2) is 29.9 Å². The fraction of sp³-hybridized carbons (Fsp3) is 0. The molecule has 0 unspecified atom stereocenters. The van der Waals surface area contributed by atoms with E-state index in [1.165, 1.54) is 0 Å². The largest absolute Gasteiger partial charge is 0.368 e. The summed E-state index contributed by atoms with van der Waals surface area (Å²) in [6.45, 7) is 0. The van der Waals surface area contributed by atoms with Crippen molar-refractivity contribution >= 4 is 45.3 Å². The van der Waals surface area contributed by atoms with Gasteiger partial charge in [0.05, 0.1) is 0 Å². The third-order valence-corrected chi connectivity index (χ3v) is 4.72. The van der Waals surface area contributed by atoms with Crippen molar-refractivity contribution in [3.05, 3.63) is 48.5 Å². The van der Waals surface area contributed by atoms with Gasteiger partial charge in [-0.05, 0) is 21.5 Å². The minimum absolute atomic E-state index is 0.0488. The van der Waals surface area contributed by atoms with E-state index in [9.17, 15) is 0 Å². The number of nitrogens with two attached hydrogens (primary N) is 4. The van der Waals surface area contributed by atoms with Crippen molar-refractivity contribution in [2.75, 3.05) is 22.9 Å². The van der Waals surface area contributed by atoms with E-state index < -0.39 is 0 Å². The highest BCUT2D eigenvalue weighted by Crippen LogP contribution is 2.41. The second-order valence-electron chi connectivity index (χ2n) is 6.59. The summed E-state index contributed by atoms with van der Waals surface area (Å²) in [6.07, 6.45) is 0. The predicted octanol–water partition coefficient (Wildman–Crippen LogP) is 2.03. The predicted molar refractivity (Wildman–Crippen MR) is 117 cm³/mol. The number of aromatic nitrogens is 6. The average Bonchev–Trinajstić information content (AvgIpc) is 2.70. The Bertz CT molecular complexity index is 1240. The zero-order valence-corrected chi connectivity index (χ0v) is 15.6. The molecule has 5 rings (SSSR count). The molecule has 0 saturated heterocycles. The Labute approximate surface area is 170 Å². The van der Waals surface area contributed by atoms with Crippen LogP contribution in [-0.2, 0) is 0 Å². The molecule has 2 aromatic heterocycles. The molecule has 0 bridgehead atoms. The molecule has 0 saturated carbocycles. The zero-order chi connectivity index (χ0) is 20.8. The highest BCUT2D eigenvalue weighted by molar-refractivity contribution is 6.20. The molecule has 0 aliphatic carbocycles. The number of hydrogen-bond donors (Lipinski definition) is 4. The van der Waals surface area contributed by atoms with Crippen LogP contribution in [0, 0.1) is 0 Å². The Morgan fingerprint density at radius 2 is 0.667 bits per heavy atom. The third-order valence-electron chi connectivity index (χ3n) is 4.72. The van der Waals surface area contributed by atoms with Crippen LogP contribution in [0.3, 0.4) is 0 Å². The number of rotatable bonds is 2. The van der Waals surface area contributed by atoms with E-state index in [4.69, 9.17) is 22.9 Å². The number of nitrogens with zero attached hydrogens (tertiary/aromatic N) is 6. The highest BCUT2D eigenvalue weighted by atomic mass is 15.1. The van der Waals surface area contributed by atoms with Crippen molar-refractivity contribution in [1.29, 1.82) is 0 Å². The highest BCUT2D eigenvalue weighted by Gasteiger charge is 2.20. The molecular formula is C20H16N10. The average molecular weight is 396 g/mol. The first-order chi connectivity index (χ1) is 14.5. The van der Waals surface area contributed by atoms with Gasteiger partial charge in [-0.2, -0.15) is 29.9 Å². The molecule has 0 aliphatic rings. The molecule has 0 fully saturated rings. The molecule has 2 heterocycles. The van der Waals surface area contributed by atoms with Gasteiger partial charge in [-0.3, -0.25) is 0 Å². The van der Waals surface area contributed by atoms with Crippen molar-refractivity contribution in [3.8, 4) is 22.8 Å². The van der Waals surface area contributed by atoms with Gasteiger partial charge < -0.3 is 22.9 Å². The van der Waals surface area contributed by atoms with Gasteiger partial charge in [0, 0.05) is 11.1 Å². The van der Waals surface area contributed by atoms with Crippen LogP contribution >= 0.6 is 0 Å². The van der Waals surface area contributed by atoms with Gasteiger partial charge in [-0.25, -0.2) is 0 Å². The Kier molecular flexibility index (Phi) is 3.78. The molecular weight excluding hydrogens is 380 g/mol. The molecule has 5 aromatic rings. The summed E-state index contributed by atoms with van der Waals surface area (Å²) >= 11 is 0. The molecule has 0 aliphatic heterocycles. The lowest BCUT2D eigenvalue weighted by atomic mass is 9.91. The summed E-state index contributed by atoms with van der Waals surface area (Å²) in [5, 5.41) is 3.48. The molecule has 10 nitrogen and oxygen atoms in total. The van der Waals surface area contributed by atoms with Crippen LogP contribution in [0.1, 0.15) is 0 Å². The Balaban J connectivity index is 1.99. The SMILES string of the molecule is Nc1nc(N)nc(-c2c3ccccc3c(-c3nc(N)nc(N)n3)c3ccccc23)n1. The van der Waals surface area contributed by atoms with Gasteiger partial charge in [0.15, 0.2) is 11.6 Å². The van der Waals surface area contributed by atoms with Crippen LogP contribution in [0.4, 0.5) is 23.8 Å². The number of fused-ring (bicyclic) bond motifs is 2. The monoisotopic (exact) mass is 396 g/mol. The smallest absolute Gasteiger partial charge is 0.225 e. The van der Waals surface area contributed by atoms with Gasteiger partial charge in [0.1, 0.15) is 0 Å². The Hall–Kier alpha value is -4.60. The molecule has 8 N–H and O–H groups in total. The summed E-state index contributed by atoms with van der Waals surface area (Å²) < 4.78 is 0. The maximum atomic E-state index is 5.84. The molecule has 30 heavy (non-hydrogen) atoms. The van der Waals surface area contributed by atoms with E-state index in [0.29, 0.717) is 11.6 Å². The van der Waals surface area contributed by atoms with E-state index in [1.54, 1.807) is 0 Å². The number of hydrogen-bond acceptors (Lipinski definition) is 10. The second kappa shape index (κ2) is 6.48. The molecule has 146 valence electrons. The molecule has 10 heteroatoms. The van der Waals surface area contributed by atoms with E-state index in [-0.39, 0.29) is 23.8 Å². The van der Waals surface area contributed by atoms with Gasteiger partial charge in [0.2, 0.25) is 23.8 Å². The standard InChI is InChI=1S/C20H16N10/c21-17-25-15(26-18(22)29-17)13-9-5-1-2-6-10(9)14(12-8-4-3-7-11(12)13)16-27-19(23)30-20(24)28-16/h1-8H,(H4,21,22,25,26,29)(H4,23,24,27,28,30). The number of anilines is 4. The lowest BCUT2D eigenvalue weighted by Crippen LogP contribution is -2.06. The third kappa shape index (κ3) is 2.75. The number of benzene rings is 3. The molecule has 0 spiro atoms. The van der Waals surface area contributed by atoms with Crippen molar-refractivity contribution in [1.82, 2.24) is 29.9 Å². The van der Waals surface area contributed by atoms with Crippen LogP contribution < -0.4 is 22.9 Å². The summed E-state index contributed by atoms with van der Waals surface area (Å²) in [4.78, 5) is 25.1. The molecule has 3 aromatic carbocycles. The van der Waals surface area contributed by atoms with E-state index in [2.05, 4.69) is 29.9 Å². The maximum Gasteiger partial charge on any atom is 0.225 e. The van der Waals surface area contributed by atoms with Crippen LogP contribution in [0.5, 0.6) is 0 Å². The first kappa shape index (κ1) is 17.5. The first-order valence-electron chi connectivity index (χ1n) is 8.99. The molecule has 0 radical (unpaired) electrons. The summed E-state index contributed by atoms with van der Waals surface area (Å²) in [6, 6.07) is 15.6. The fourth-order valence-electron chi connectivity index (χ4n) is 3.65. The van der Waals surface area contributed by atoms with Gasteiger partial charge >= 0.3 is 0 Å². The fourth-order valence-corrected chi connectivity index (χ4v) is 3.65. The van der Waals surface area contributed by atoms with E-state index >= 15 is 0 Å². The van der Waals surface area contributed by atoms with Crippen LogP contribution in [0.25, 0.3) is 44.3 Å². The van der Waals surface area contributed by atoms with Crippen molar-refractivity contribution in [2.24, 2.45) is 0 Å².